The van der Waals surface area contributed by atoms with Crippen molar-refractivity contribution in [3.05, 3.63) is 76.2 Å². The number of rotatable bonds is 4. The zero-order chi connectivity index (χ0) is 22.7. The van der Waals surface area contributed by atoms with Crippen LogP contribution in [0.2, 0.25) is 0 Å². The number of nitrogens with zero attached hydrogens (tertiary/aromatic N) is 2. The molecule has 2 aromatic carbocycles. The van der Waals surface area contributed by atoms with Gasteiger partial charge in [0.2, 0.25) is 5.43 Å². The number of piperazine rings is 1. The van der Waals surface area contributed by atoms with Gasteiger partial charge in [-0.15, -0.1) is 0 Å². The van der Waals surface area contributed by atoms with Gasteiger partial charge in [0.1, 0.15) is 17.1 Å². The second-order valence-electron chi connectivity index (χ2n) is 8.78. The van der Waals surface area contributed by atoms with Crippen molar-refractivity contribution in [2.45, 2.75) is 24.9 Å². The molecule has 1 aliphatic heterocycles. The molecule has 1 atom stereocenters. The summed E-state index contributed by atoms with van der Waals surface area (Å²) >= 11 is 0. The van der Waals surface area contributed by atoms with E-state index in [2.05, 4.69) is 5.32 Å². The minimum atomic E-state index is -1.29. The molecule has 2 aromatic heterocycles. The van der Waals surface area contributed by atoms with E-state index in [-0.39, 0.29) is 23.0 Å². The van der Waals surface area contributed by atoms with Gasteiger partial charge in [-0.1, -0.05) is 24.3 Å². The van der Waals surface area contributed by atoms with Gasteiger partial charge in [-0.3, -0.25) is 4.79 Å². The van der Waals surface area contributed by atoms with Crippen molar-refractivity contribution in [2.75, 3.05) is 24.5 Å². The van der Waals surface area contributed by atoms with Crippen LogP contribution >= 0.6 is 0 Å². The van der Waals surface area contributed by atoms with Crippen molar-refractivity contribution in [1.82, 2.24) is 9.88 Å². The van der Waals surface area contributed by atoms with Crippen LogP contribution < -0.4 is 15.6 Å². The normalized spacial score (nSPS) is 18.8. The van der Waals surface area contributed by atoms with Gasteiger partial charge in [-0.2, -0.15) is 0 Å². The van der Waals surface area contributed by atoms with E-state index in [4.69, 9.17) is 4.42 Å². The van der Waals surface area contributed by atoms with Crippen molar-refractivity contribution in [2.24, 2.45) is 0 Å². The molecule has 1 saturated heterocycles. The van der Waals surface area contributed by atoms with E-state index in [0.717, 1.165) is 29.4 Å². The number of furan rings is 1. The minimum Gasteiger partial charge on any atom is -0.477 e. The molecule has 1 saturated carbocycles. The summed E-state index contributed by atoms with van der Waals surface area (Å²) in [7, 11) is 0. The van der Waals surface area contributed by atoms with Crippen LogP contribution in [0.25, 0.3) is 21.7 Å². The Bertz CT molecular complexity index is 1470. The van der Waals surface area contributed by atoms with Crippen molar-refractivity contribution in [3.63, 3.8) is 0 Å². The first-order chi connectivity index (χ1) is 16.0. The monoisotopic (exact) mass is 447 g/mol. The summed E-state index contributed by atoms with van der Waals surface area (Å²) in [6, 6.07) is 10.8. The minimum absolute atomic E-state index is 0.103. The van der Waals surface area contributed by atoms with Crippen molar-refractivity contribution < 1.29 is 18.7 Å². The highest BCUT2D eigenvalue weighted by atomic mass is 19.1. The largest absolute Gasteiger partial charge is 0.477 e. The molecule has 1 unspecified atom stereocenters. The maximum atomic E-state index is 15.3. The van der Waals surface area contributed by atoms with E-state index in [9.17, 15) is 14.7 Å². The third kappa shape index (κ3) is 3.29. The fourth-order valence-corrected chi connectivity index (χ4v) is 4.84. The highest BCUT2D eigenvalue weighted by Gasteiger charge is 2.30. The van der Waals surface area contributed by atoms with Crippen LogP contribution in [0.5, 0.6) is 0 Å². The molecule has 2 fully saturated rings. The van der Waals surface area contributed by atoms with E-state index < -0.39 is 17.2 Å². The third-order valence-electron chi connectivity index (χ3n) is 6.64. The average Bonchev–Trinajstić information content (AvgIpc) is 3.57. The van der Waals surface area contributed by atoms with Crippen LogP contribution in [-0.4, -0.2) is 35.3 Å². The Kier molecular flexibility index (Phi) is 4.51. The smallest absolute Gasteiger partial charge is 0.341 e. The Morgan fingerprint density at radius 3 is 2.79 bits per heavy atom. The number of anilines is 1. The Labute approximate surface area is 188 Å². The molecule has 8 heteroatoms. The van der Waals surface area contributed by atoms with Gasteiger partial charge in [0.15, 0.2) is 0 Å². The van der Waals surface area contributed by atoms with Crippen LogP contribution in [0.3, 0.4) is 0 Å². The van der Waals surface area contributed by atoms with Crippen molar-refractivity contribution in [3.8, 4) is 0 Å². The highest BCUT2D eigenvalue weighted by molar-refractivity contribution is 5.93. The van der Waals surface area contributed by atoms with Crippen LogP contribution in [0.4, 0.5) is 10.1 Å². The summed E-state index contributed by atoms with van der Waals surface area (Å²) in [5, 5.41) is 15.1. The average molecular weight is 447 g/mol. The summed E-state index contributed by atoms with van der Waals surface area (Å²) in [5.41, 5.74) is -0.00209. The lowest BCUT2D eigenvalue weighted by atomic mass is 10.1. The van der Waals surface area contributed by atoms with Crippen LogP contribution in [-0.2, 0) is 0 Å². The molecule has 0 radical (unpaired) electrons. The van der Waals surface area contributed by atoms with Gasteiger partial charge in [-0.25, -0.2) is 9.18 Å². The molecule has 4 aromatic rings. The fraction of sp³-hybridized carbons (Fsp3) is 0.280. The lowest BCUT2D eigenvalue weighted by Crippen LogP contribution is -2.46. The van der Waals surface area contributed by atoms with Gasteiger partial charge >= 0.3 is 5.97 Å². The van der Waals surface area contributed by atoms with Gasteiger partial charge in [0.05, 0.1) is 23.5 Å². The Morgan fingerprint density at radius 2 is 2.00 bits per heavy atom. The summed E-state index contributed by atoms with van der Waals surface area (Å²) in [5.74, 6) is -1.01. The number of hydrogen-bond donors (Lipinski definition) is 2. The lowest BCUT2D eigenvalue weighted by Gasteiger charge is -2.35. The molecule has 1 aliphatic carbocycles. The van der Waals surface area contributed by atoms with E-state index in [1.165, 1.54) is 12.3 Å². The predicted molar refractivity (Wildman–Crippen MR) is 123 cm³/mol. The molecule has 0 bridgehead atoms. The standard InChI is InChI=1S/C25H22FN3O4/c26-19-9-17-21(29(15-5-6-15)11-18(23(17)30)25(31)32)10-22(19)28-8-7-27-20(12-28)24-16-4-2-1-3-14(16)13-33-24/h1-4,9-11,13,15,20,27H,5-8,12H2,(H,31,32). The van der Waals surface area contributed by atoms with E-state index in [1.807, 2.05) is 33.7 Å². The predicted octanol–water partition coefficient (Wildman–Crippen LogP) is 4.07. The molecular weight excluding hydrogens is 425 g/mol. The molecule has 168 valence electrons. The maximum absolute atomic E-state index is 15.3. The number of aromatic nitrogens is 1. The number of fused-ring (bicyclic) bond motifs is 2. The van der Waals surface area contributed by atoms with Crippen LogP contribution in [0.1, 0.15) is 41.0 Å². The number of nitrogens with one attached hydrogen (secondary N) is 1. The number of halogens is 1. The number of hydrogen-bond acceptors (Lipinski definition) is 5. The molecule has 7 nitrogen and oxygen atoms in total. The molecule has 0 amide bonds. The highest BCUT2D eigenvalue weighted by Crippen LogP contribution is 2.38. The maximum Gasteiger partial charge on any atom is 0.341 e. The van der Waals surface area contributed by atoms with Crippen LogP contribution in [0, 0.1) is 5.82 Å². The van der Waals surface area contributed by atoms with Gasteiger partial charge < -0.3 is 24.3 Å². The number of carboxylic acids is 1. The molecule has 33 heavy (non-hydrogen) atoms. The number of benzene rings is 2. The molecular formula is C25H22FN3O4. The lowest BCUT2D eigenvalue weighted by molar-refractivity contribution is 0.0695. The van der Waals surface area contributed by atoms with Gasteiger partial charge in [0.25, 0.3) is 0 Å². The number of carbonyl (C=O) groups is 1. The molecule has 0 spiro atoms. The van der Waals surface area contributed by atoms with E-state index >= 15 is 4.39 Å². The first kappa shape index (κ1) is 20.0. The SMILES string of the molecule is O=C(O)c1cn(C2CC2)c2cc(N3CCNC(c4occ5ccccc45)C3)c(F)cc2c1=O. The second kappa shape index (κ2) is 7.45. The summed E-state index contributed by atoms with van der Waals surface area (Å²) in [6.07, 6.45) is 4.95. The first-order valence-corrected chi connectivity index (χ1v) is 11.1. The third-order valence-corrected chi connectivity index (χ3v) is 6.64. The molecule has 2 N–H and O–H groups in total. The van der Waals surface area contributed by atoms with E-state index in [0.29, 0.717) is 30.8 Å². The summed E-state index contributed by atoms with van der Waals surface area (Å²) < 4.78 is 23.0. The summed E-state index contributed by atoms with van der Waals surface area (Å²) in [6.45, 7) is 1.74. The molecule has 3 heterocycles. The Morgan fingerprint density at radius 1 is 1.18 bits per heavy atom. The zero-order valence-electron chi connectivity index (χ0n) is 17.8. The Balaban J connectivity index is 1.42. The number of aromatic carboxylic acids is 1. The van der Waals surface area contributed by atoms with Gasteiger partial charge in [0, 0.05) is 48.0 Å². The van der Waals surface area contributed by atoms with Crippen molar-refractivity contribution >= 4 is 33.3 Å². The molecule has 2 aliphatic rings. The topological polar surface area (TPSA) is 87.7 Å². The number of carboxylic acid groups (broad SMARTS) is 1. The van der Waals surface area contributed by atoms with E-state index in [1.54, 1.807) is 12.3 Å². The Hall–Kier alpha value is -3.65. The second-order valence-corrected chi connectivity index (χ2v) is 8.78. The van der Waals surface area contributed by atoms with Gasteiger partial charge in [-0.05, 0) is 25.0 Å². The van der Waals surface area contributed by atoms with Crippen molar-refractivity contribution in [1.29, 1.82) is 0 Å². The number of pyridine rings is 1. The quantitative estimate of drug-likeness (QED) is 0.490. The zero-order valence-corrected chi connectivity index (χ0v) is 17.8. The fourth-order valence-electron chi connectivity index (χ4n) is 4.84. The summed E-state index contributed by atoms with van der Waals surface area (Å²) in [4.78, 5) is 26.3. The van der Waals surface area contributed by atoms with Crippen LogP contribution in [0.15, 0.2) is 58.1 Å². The first-order valence-electron chi connectivity index (χ1n) is 11.1. The molecule has 6 rings (SSSR count).